The molecule has 132 valence electrons. The summed E-state index contributed by atoms with van der Waals surface area (Å²) in [6.45, 7) is 3.19. The molecule has 0 saturated heterocycles. The summed E-state index contributed by atoms with van der Waals surface area (Å²) in [5.74, 6) is 0.389. The molecule has 0 unspecified atom stereocenters. The van der Waals surface area contributed by atoms with E-state index in [4.69, 9.17) is 4.52 Å². The van der Waals surface area contributed by atoms with Crippen LogP contribution < -0.4 is 16.0 Å². The molecule has 2 aromatic heterocycles. The third-order valence-electron chi connectivity index (χ3n) is 3.33. The van der Waals surface area contributed by atoms with E-state index in [1.54, 1.807) is 37.3 Å². The highest BCUT2D eigenvalue weighted by atomic mass is 16.5. The number of pyridine rings is 1. The van der Waals surface area contributed by atoms with Crippen LogP contribution in [0, 0.1) is 6.92 Å². The molecule has 0 aliphatic carbocycles. The van der Waals surface area contributed by atoms with Crippen molar-refractivity contribution < 1.29 is 14.1 Å². The molecular weight excluding hydrogens is 334 g/mol. The Labute approximate surface area is 149 Å². The molecule has 8 heteroatoms. The van der Waals surface area contributed by atoms with Gasteiger partial charge in [-0.05, 0) is 37.3 Å². The number of anilines is 4. The number of amides is 2. The Kier molecular flexibility index (Phi) is 4.93. The van der Waals surface area contributed by atoms with E-state index >= 15 is 0 Å². The molecule has 1 aromatic carbocycles. The minimum absolute atomic E-state index is 0.145. The van der Waals surface area contributed by atoms with Crippen LogP contribution >= 0.6 is 0 Å². The zero-order chi connectivity index (χ0) is 18.5. The maximum Gasteiger partial charge on any atom is 0.275 e. The fourth-order valence-electron chi connectivity index (χ4n) is 2.28. The number of nitrogens with zero attached hydrogens (tertiary/aromatic N) is 2. The first kappa shape index (κ1) is 17.2. The van der Waals surface area contributed by atoms with E-state index in [-0.39, 0.29) is 11.6 Å². The first-order valence-electron chi connectivity index (χ1n) is 7.85. The lowest BCUT2D eigenvalue weighted by atomic mass is 10.2. The molecule has 0 radical (unpaired) electrons. The van der Waals surface area contributed by atoms with Gasteiger partial charge in [-0.1, -0.05) is 11.2 Å². The molecule has 0 fully saturated rings. The number of nitrogens with one attached hydrogen (secondary N) is 3. The lowest BCUT2D eigenvalue weighted by Crippen LogP contribution is -2.14. The molecule has 3 rings (SSSR count). The van der Waals surface area contributed by atoms with Crippen LogP contribution in [0.1, 0.15) is 23.2 Å². The van der Waals surface area contributed by atoms with Crippen molar-refractivity contribution in [3.05, 3.63) is 60.1 Å². The van der Waals surface area contributed by atoms with Crippen molar-refractivity contribution in [2.45, 2.75) is 13.8 Å². The first-order valence-corrected chi connectivity index (χ1v) is 7.85. The highest BCUT2D eigenvalue weighted by Crippen LogP contribution is 2.20. The Morgan fingerprint density at radius 2 is 1.77 bits per heavy atom. The third-order valence-corrected chi connectivity index (χ3v) is 3.33. The van der Waals surface area contributed by atoms with Crippen molar-refractivity contribution >= 4 is 34.7 Å². The molecule has 8 nitrogen and oxygen atoms in total. The van der Waals surface area contributed by atoms with Crippen molar-refractivity contribution in [1.82, 2.24) is 10.1 Å². The van der Waals surface area contributed by atoms with E-state index in [0.717, 1.165) is 5.69 Å². The minimum Gasteiger partial charge on any atom is -0.360 e. The third kappa shape index (κ3) is 4.44. The number of carbonyl (C=O) groups is 2. The highest BCUT2D eigenvalue weighted by Gasteiger charge is 2.11. The number of aryl methyl sites for hydroxylation is 1. The van der Waals surface area contributed by atoms with E-state index < -0.39 is 5.91 Å². The van der Waals surface area contributed by atoms with Crippen LogP contribution in [-0.4, -0.2) is 22.0 Å². The van der Waals surface area contributed by atoms with E-state index in [2.05, 4.69) is 26.1 Å². The molecule has 0 bridgehead atoms. The minimum atomic E-state index is -0.394. The molecule has 0 aliphatic heterocycles. The smallest absolute Gasteiger partial charge is 0.275 e. The van der Waals surface area contributed by atoms with Crippen LogP contribution in [0.3, 0.4) is 0 Å². The molecule has 0 spiro atoms. The summed E-state index contributed by atoms with van der Waals surface area (Å²) in [5.41, 5.74) is 2.35. The zero-order valence-corrected chi connectivity index (χ0v) is 14.2. The number of aromatic nitrogens is 2. The average molecular weight is 351 g/mol. The normalized spacial score (nSPS) is 10.2. The largest absolute Gasteiger partial charge is 0.360 e. The predicted octanol–water partition coefficient (Wildman–Crippen LogP) is 3.33. The Bertz CT molecular complexity index is 951. The second-order valence-corrected chi connectivity index (χ2v) is 5.59. The molecule has 0 aliphatic rings. The summed E-state index contributed by atoms with van der Waals surface area (Å²) in [6, 6.07) is 12.2. The average Bonchev–Trinajstić information content (AvgIpc) is 2.99. The molecule has 2 amide bonds. The number of hydrogen-bond acceptors (Lipinski definition) is 6. The molecule has 26 heavy (non-hydrogen) atoms. The van der Waals surface area contributed by atoms with Gasteiger partial charge in [-0.15, -0.1) is 0 Å². The number of rotatable bonds is 5. The monoisotopic (exact) mass is 351 g/mol. The fraction of sp³-hybridized carbons (Fsp3) is 0.111. The summed E-state index contributed by atoms with van der Waals surface area (Å²) in [5, 5.41) is 12.2. The SMILES string of the molecule is CC(=O)Nc1cccc(Nc2ccnc(C(=O)Nc3cc(C)on3)c2)c1. The van der Waals surface area contributed by atoms with Gasteiger partial charge in [-0.25, -0.2) is 0 Å². The van der Waals surface area contributed by atoms with Gasteiger partial charge in [0.2, 0.25) is 5.91 Å². The maximum atomic E-state index is 12.3. The van der Waals surface area contributed by atoms with Gasteiger partial charge in [0.1, 0.15) is 11.5 Å². The molecule has 3 aromatic rings. The molecule has 2 heterocycles. The Hall–Kier alpha value is -3.68. The number of benzene rings is 1. The summed E-state index contributed by atoms with van der Waals surface area (Å²) in [7, 11) is 0. The van der Waals surface area contributed by atoms with Gasteiger partial charge in [0.05, 0.1) is 0 Å². The predicted molar refractivity (Wildman–Crippen MR) is 97.5 cm³/mol. The molecule has 0 saturated carbocycles. The zero-order valence-electron chi connectivity index (χ0n) is 14.2. The van der Waals surface area contributed by atoms with Crippen LogP contribution in [0.5, 0.6) is 0 Å². The van der Waals surface area contributed by atoms with Gasteiger partial charge in [-0.3, -0.25) is 14.6 Å². The Balaban J connectivity index is 1.73. The summed E-state index contributed by atoms with van der Waals surface area (Å²) >= 11 is 0. The van der Waals surface area contributed by atoms with Gasteiger partial charge in [0, 0.05) is 36.2 Å². The molecule has 0 atom stereocenters. The molecule has 3 N–H and O–H groups in total. The quantitative estimate of drug-likeness (QED) is 0.650. The van der Waals surface area contributed by atoms with Gasteiger partial charge in [-0.2, -0.15) is 0 Å². The van der Waals surface area contributed by atoms with E-state index in [0.29, 0.717) is 23.0 Å². The summed E-state index contributed by atoms with van der Waals surface area (Å²) in [6.07, 6.45) is 1.53. The van der Waals surface area contributed by atoms with E-state index in [1.165, 1.54) is 13.1 Å². The van der Waals surface area contributed by atoms with Crippen molar-refractivity contribution in [2.24, 2.45) is 0 Å². The number of hydrogen-bond donors (Lipinski definition) is 3. The van der Waals surface area contributed by atoms with Gasteiger partial charge >= 0.3 is 0 Å². The lowest BCUT2D eigenvalue weighted by Gasteiger charge is -2.09. The Morgan fingerprint density at radius 3 is 2.50 bits per heavy atom. The number of carbonyl (C=O) groups excluding carboxylic acids is 2. The van der Waals surface area contributed by atoms with Gasteiger partial charge in [0.25, 0.3) is 5.91 Å². The summed E-state index contributed by atoms with van der Waals surface area (Å²) < 4.78 is 4.92. The second kappa shape index (κ2) is 7.47. The van der Waals surface area contributed by atoms with Gasteiger partial charge in [0.15, 0.2) is 5.82 Å². The van der Waals surface area contributed by atoms with Crippen molar-refractivity contribution in [3.8, 4) is 0 Å². The van der Waals surface area contributed by atoms with Crippen LogP contribution in [0.2, 0.25) is 0 Å². The lowest BCUT2D eigenvalue weighted by molar-refractivity contribution is -0.114. The Morgan fingerprint density at radius 1 is 1.00 bits per heavy atom. The maximum absolute atomic E-state index is 12.3. The highest BCUT2D eigenvalue weighted by molar-refractivity contribution is 6.02. The topological polar surface area (TPSA) is 109 Å². The second-order valence-electron chi connectivity index (χ2n) is 5.59. The summed E-state index contributed by atoms with van der Waals surface area (Å²) in [4.78, 5) is 27.5. The van der Waals surface area contributed by atoms with E-state index in [9.17, 15) is 9.59 Å². The van der Waals surface area contributed by atoms with Crippen molar-refractivity contribution in [1.29, 1.82) is 0 Å². The van der Waals surface area contributed by atoms with Crippen LogP contribution in [-0.2, 0) is 4.79 Å². The van der Waals surface area contributed by atoms with E-state index in [1.807, 2.05) is 12.1 Å². The van der Waals surface area contributed by atoms with Crippen LogP contribution in [0.15, 0.2) is 53.2 Å². The van der Waals surface area contributed by atoms with Crippen molar-refractivity contribution in [2.75, 3.05) is 16.0 Å². The standard InChI is InChI=1S/C18H17N5O3/c1-11-8-17(23-26-11)22-18(25)16-10-15(6-7-19-16)21-14-5-3-4-13(9-14)20-12(2)24/h3-10H,1-2H3,(H,19,21)(H,20,24)(H,22,23,25). The van der Waals surface area contributed by atoms with Crippen LogP contribution in [0.4, 0.5) is 22.9 Å². The van der Waals surface area contributed by atoms with Crippen molar-refractivity contribution in [3.63, 3.8) is 0 Å². The molecular formula is C18H17N5O3. The fourth-order valence-corrected chi connectivity index (χ4v) is 2.28. The van der Waals surface area contributed by atoms with Gasteiger partial charge < -0.3 is 20.5 Å². The first-order chi connectivity index (χ1) is 12.5. The van der Waals surface area contributed by atoms with Crippen LogP contribution in [0.25, 0.3) is 0 Å².